The van der Waals surface area contributed by atoms with Crippen LogP contribution in [0, 0.1) is 0 Å². The van der Waals surface area contributed by atoms with E-state index < -0.39 is 10.8 Å². The van der Waals surface area contributed by atoms with Crippen LogP contribution in [0.4, 0.5) is 0 Å². The van der Waals surface area contributed by atoms with Gasteiger partial charge >= 0.3 is 0 Å². The number of carbonyl (C=O) groups excluding carboxylic acids is 1. The molecule has 4 aromatic rings. The predicted molar refractivity (Wildman–Crippen MR) is 156 cm³/mol. The van der Waals surface area contributed by atoms with Gasteiger partial charge in [-0.3, -0.25) is 9.00 Å². The molecule has 0 aliphatic rings. The molecule has 1 aromatic heterocycles. The first-order valence-corrected chi connectivity index (χ1v) is 14.4. The Morgan fingerprint density at radius 1 is 1.00 bits per heavy atom. The summed E-state index contributed by atoms with van der Waals surface area (Å²) in [5, 5.41) is 0. The summed E-state index contributed by atoms with van der Waals surface area (Å²) in [7, 11) is 0.480. The topological polar surface area (TPSA) is 70.4 Å². The molecule has 1 atom stereocenters. The Hall–Kier alpha value is -3.81. The lowest BCUT2D eigenvalue weighted by Gasteiger charge is -2.07. The highest BCUT2D eigenvalue weighted by molar-refractivity contribution is 7.84. The molecule has 0 bridgehead atoms. The summed E-state index contributed by atoms with van der Waals surface area (Å²) in [4.78, 5) is 17.6. The highest BCUT2D eigenvalue weighted by Gasteiger charge is 2.10. The van der Waals surface area contributed by atoms with Crippen LogP contribution in [0.15, 0.2) is 96.3 Å². The van der Waals surface area contributed by atoms with Gasteiger partial charge in [0.2, 0.25) is 0 Å². The number of hydrogen-bond donors (Lipinski definition) is 0. The van der Waals surface area contributed by atoms with Crippen LogP contribution >= 0.6 is 0 Å². The second-order valence-corrected chi connectivity index (χ2v) is 10.6. The highest BCUT2D eigenvalue weighted by Crippen LogP contribution is 2.24. The van der Waals surface area contributed by atoms with Crippen LogP contribution in [0.2, 0.25) is 0 Å². The molecule has 0 saturated carbocycles. The largest absolute Gasteiger partial charge is 0.491 e. The maximum atomic E-state index is 12.8. The van der Waals surface area contributed by atoms with Crippen LogP contribution in [0.5, 0.6) is 5.75 Å². The number of ether oxygens (including phenoxy) is 2. The molecule has 7 heteroatoms. The zero-order valence-electron chi connectivity index (χ0n) is 22.4. The van der Waals surface area contributed by atoms with Crippen molar-refractivity contribution in [1.82, 2.24) is 9.55 Å². The minimum absolute atomic E-state index is 0.00954. The average molecular weight is 543 g/mol. The zero-order valence-corrected chi connectivity index (χ0v) is 23.2. The first kappa shape index (κ1) is 28.2. The van der Waals surface area contributed by atoms with Crippen molar-refractivity contribution < 1.29 is 18.5 Å². The fraction of sp³-hybridized carbons (Fsp3) is 0.250. The Balaban J connectivity index is 1.32. The Morgan fingerprint density at radius 2 is 1.79 bits per heavy atom. The third kappa shape index (κ3) is 8.34. The van der Waals surface area contributed by atoms with Gasteiger partial charge in [-0.25, -0.2) is 4.98 Å². The molecule has 1 heterocycles. The Kier molecular flexibility index (Phi) is 10.4. The second kappa shape index (κ2) is 14.4. The van der Waals surface area contributed by atoms with E-state index in [0.29, 0.717) is 19.0 Å². The number of rotatable bonds is 14. The van der Waals surface area contributed by atoms with E-state index in [0.717, 1.165) is 51.6 Å². The monoisotopic (exact) mass is 542 g/mol. The number of nitrogens with zero attached hydrogens (tertiary/aromatic N) is 2. The molecule has 0 amide bonds. The molecule has 202 valence electrons. The Bertz CT molecular complexity index is 1410. The minimum Gasteiger partial charge on any atom is -0.491 e. The molecule has 0 saturated heterocycles. The van der Waals surface area contributed by atoms with Crippen molar-refractivity contribution in [3.8, 4) is 16.9 Å². The minimum atomic E-state index is -1.17. The van der Waals surface area contributed by atoms with Gasteiger partial charge in [0, 0.05) is 31.2 Å². The molecular weight excluding hydrogens is 508 g/mol. The van der Waals surface area contributed by atoms with Gasteiger partial charge in [0.05, 0.1) is 35.2 Å². The highest BCUT2D eigenvalue weighted by atomic mass is 32.2. The van der Waals surface area contributed by atoms with Gasteiger partial charge in [-0.15, -0.1) is 0 Å². The molecule has 4 rings (SSSR count). The fourth-order valence-corrected chi connectivity index (χ4v) is 5.26. The van der Waals surface area contributed by atoms with Gasteiger partial charge in [0.1, 0.15) is 12.4 Å². The lowest BCUT2D eigenvalue weighted by Crippen LogP contribution is -2.05. The summed E-state index contributed by atoms with van der Waals surface area (Å²) in [6.07, 6.45) is 8.31. The van der Waals surface area contributed by atoms with Gasteiger partial charge in [0.15, 0.2) is 5.78 Å². The molecule has 0 unspecified atom stereocenters. The summed E-state index contributed by atoms with van der Waals surface area (Å²) in [5.41, 5.74) is 4.95. The van der Waals surface area contributed by atoms with E-state index in [1.54, 1.807) is 25.7 Å². The quantitative estimate of drug-likeness (QED) is 0.142. The van der Waals surface area contributed by atoms with E-state index in [2.05, 4.69) is 18.0 Å². The lowest BCUT2D eigenvalue weighted by atomic mass is 10.0. The zero-order chi connectivity index (χ0) is 27.5. The normalized spacial score (nSPS) is 12.1. The van der Waals surface area contributed by atoms with Crippen LogP contribution in [-0.2, 0) is 39.0 Å². The number of imidazole rings is 1. The Morgan fingerprint density at radius 3 is 2.54 bits per heavy atom. The number of aryl methyl sites for hydroxylation is 1. The van der Waals surface area contributed by atoms with Crippen LogP contribution < -0.4 is 4.74 Å². The van der Waals surface area contributed by atoms with Gasteiger partial charge < -0.3 is 14.0 Å². The smallest absolute Gasteiger partial charge is 0.160 e. The third-order valence-electron chi connectivity index (χ3n) is 6.20. The number of allylic oxidation sites excluding steroid dienone is 1. The number of methoxy groups -OCH3 is 1. The van der Waals surface area contributed by atoms with Crippen molar-refractivity contribution in [2.75, 3.05) is 20.3 Å². The molecule has 0 aliphatic heterocycles. The first-order chi connectivity index (χ1) is 19.1. The summed E-state index contributed by atoms with van der Waals surface area (Å²) >= 11 is 0. The summed E-state index contributed by atoms with van der Waals surface area (Å²) in [5.74, 6) is 1.23. The number of ketones is 1. The molecule has 0 radical (unpaired) electrons. The molecule has 0 fully saturated rings. The van der Waals surface area contributed by atoms with Crippen LogP contribution in [-0.4, -0.2) is 39.9 Å². The fourth-order valence-electron chi connectivity index (χ4n) is 4.14. The maximum absolute atomic E-state index is 12.8. The van der Waals surface area contributed by atoms with Crippen molar-refractivity contribution in [2.45, 2.75) is 37.0 Å². The third-order valence-corrected chi connectivity index (χ3v) is 7.55. The first-order valence-electron chi connectivity index (χ1n) is 13.0. The van der Waals surface area contributed by atoms with E-state index in [1.807, 2.05) is 77.4 Å². The molecule has 6 nitrogen and oxygen atoms in total. The molecule has 39 heavy (non-hydrogen) atoms. The molecular formula is C32H34N2O4S. The number of carbonyl (C=O) groups is 1. The van der Waals surface area contributed by atoms with Crippen molar-refractivity contribution in [2.24, 2.45) is 0 Å². The number of hydrogen-bond acceptors (Lipinski definition) is 5. The van der Waals surface area contributed by atoms with E-state index in [4.69, 9.17) is 9.47 Å². The molecule has 0 N–H and O–H groups in total. The van der Waals surface area contributed by atoms with Crippen molar-refractivity contribution in [1.29, 1.82) is 0 Å². The lowest BCUT2D eigenvalue weighted by molar-refractivity contribution is -0.113. The van der Waals surface area contributed by atoms with E-state index in [1.165, 1.54) is 0 Å². The Labute approximate surface area is 232 Å². The second-order valence-electron chi connectivity index (χ2n) is 9.18. The van der Waals surface area contributed by atoms with Gasteiger partial charge in [-0.2, -0.15) is 0 Å². The summed E-state index contributed by atoms with van der Waals surface area (Å²) < 4.78 is 25.5. The average Bonchev–Trinajstić information content (AvgIpc) is 3.39. The standard InChI is InChI=1S/C32H34N2O4S/c1-3-17-34-24-33-22-29(34)23-39(36)32-15-8-26(9-16-32)21-30(35)12-7-25-5-4-6-28(20-25)27-10-13-31(14-11-27)38-19-18-37-2/h4-16,20,22,24H,3,17-19,21,23H2,1-2H3/b12-7+/t39-/m1/s1. The summed E-state index contributed by atoms with van der Waals surface area (Å²) in [6.45, 7) is 4.03. The van der Waals surface area contributed by atoms with Crippen molar-refractivity contribution in [3.05, 3.63) is 108 Å². The van der Waals surface area contributed by atoms with E-state index in [-0.39, 0.29) is 12.2 Å². The number of benzene rings is 3. The molecule has 3 aromatic carbocycles. The molecule has 0 spiro atoms. The SMILES string of the molecule is CCCn1cncc1C[S@@](=O)c1ccc(CC(=O)/C=C/c2cccc(-c3ccc(OCCOC)cc3)c2)cc1. The molecule has 0 aliphatic carbocycles. The van der Waals surface area contributed by atoms with Gasteiger partial charge in [-0.05, 0) is 65.1 Å². The van der Waals surface area contributed by atoms with Crippen molar-refractivity contribution >= 4 is 22.7 Å². The predicted octanol–water partition coefficient (Wildman–Crippen LogP) is 6.12. The van der Waals surface area contributed by atoms with Crippen LogP contribution in [0.3, 0.4) is 0 Å². The van der Waals surface area contributed by atoms with Gasteiger partial charge in [-0.1, -0.05) is 55.5 Å². The van der Waals surface area contributed by atoms with Crippen molar-refractivity contribution in [3.63, 3.8) is 0 Å². The van der Waals surface area contributed by atoms with E-state index in [9.17, 15) is 9.00 Å². The van der Waals surface area contributed by atoms with Crippen LogP contribution in [0.25, 0.3) is 17.2 Å². The summed E-state index contributed by atoms with van der Waals surface area (Å²) in [6, 6.07) is 23.4. The van der Waals surface area contributed by atoms with E-state index >= 15 is 0 Å². The van der Waals surface area contributed by atoms with Crippen LogP contribution in [0.1, 0.15) is 30.2 Å². The van der Waals surface area contributed by atoms with Gasteiger partial charge in [0.25, 0.3) is 0 Å². The number of aromatic nitrogens is 2. The maximum Gasteiger partial charge on any atom is 0.160 e.